The van der Waals surface area contributed by atoms with Crippen LogP contribution in [0, 0.1) is 30.2 Å². The summed E-state index contributed by atoms with van der Waals surface area (Å²) in [6.45, 7) is 1.33. The van der Waals surface area contributed by atoms with Gasteiger partial charge in [-0.2, -0.15) is 5.10 Å². The highest BCUT2D eigenvalue weighted by atomic mass is 19.2. The van der Waals surface area contributed by atoms with Crippen molar-refractivity contribution < 1.29 is 22.4 Å². The van der Waals surface area contributed by atoms with Crippen molar-refractivity contribution in [3.63, 3.8) is 0 Å². The molecular formula is C12H9F4N3O. The van der Waals surface area contributed by atoms with Crippen molar-refractivity contribution in [2.75, 3.05) is 5.32 Å². The zero-order valence-corrected chi connectivity index (χ0v) is 10.3. The number of aryl methyl sites for hydroxylation is 1. The van der Waals surface area contributed by atoms with Crippen LogP contribution >= 0.6 is 0 Å². The summed E-state index contributed by atoms with van der Waals surface area (Å²) in [4.78, 5) is 11.6. The summed E-state index contributed by atoms with van der Waals surface area (Å²) >= 11 is 0. The van der Waals surface area contributed by atoms with E-state index in [2.05, 4.69) is 5.10 Å². The van der Waals surface area contributed by atoms with Gasteiger partial charge in [-0.3, -0.25) is 9.48 Å². The van der Waals surface area contributed by atoms with Crippen molar-refractivity contribution in [2.24, 2.45) is 0 Å². The Bertz CT molecular complexity index is 643. The molecule has 2 aromatic rings. The number of anilines is 1. The Balaban J connectivity index is 2.22. The summed E-state index contributed by atoms with van der Waals surface area (Å²) < 4.78 is 53.9. The summed E-state index contributed by atoms with van der Waals surface area (Å²) in [5.74, 6) is -7.35. The fraction of sp³-hybridized carbons (Fsp3) is 0.167. The highest BCUT2D eigenvalue weighted by Crippen LogP contribution is 2.24. The molecule has 8 heteroatoms. The third kappa shape index (κ3) is 2.63. The average Bonchev–Trinajstić information content (AvgIpc) is 2.78. The Morgan fingerprint density at radius 3 is 2.35 bits per heavy atom. The van der Waals surface area contributed by atoms with Gasteiger partial charge in [-0.05, 0) is 13.0 Å². The maximum absolute atomic E-state index is 13.3. The lowest BCUT2D eigenvalue weighted by Crippen LogP contribution is -2.22. The van der Waals surface area contributed by atoms with Crippen LogP contribution in [0.3, 0.4) is 0 Å². The molecule has 0 unspecified atom stereocenters. The van der Waals surface area contributed by atoms with E-state index in [-0.39, 0.29) is 12.6 Å². The van der Waals surface area contributed by atoms with Gasteiger partial charge in [0.15, 0.2) is 23.3 Å². The van der Waals surface area contributed by atoms with Crippen LogP contribution in [0.1, 0.15) is 5.69 Å². The molecule has 0 spiro atoms. The molecule has 0 aliphatic carbocycles. The summed E-state index contributed by atoms with van der Waals surface area (Å²) in [7, 11) is 0. The fourth-order valence-corrected chi connectivity index (χ4v) is 1.56. The molecule has 0 aliphatic heterocycles. The minimum Gasteiger partial charge on any atom is -0.319 e. The molecule has 0 saturated heterocycles. The van der Waals surface area contributed by atoms with Gasteiger partial charge in [-0.1, -0.05) is 0 Å². The highest BCUT2D eigenvalue weighted by Gasteiger charge is 2.21. The Hall–Kier alpha value is -2.38. The molecule has 1 amide bonds. The first-order valence-corrected chi connectivity index (χ1v) is 5.51. The molecule has 2 rings (SSSR count). The van der Waals surface area contributed by atoms with Crippen LogP contribution in [0.15, 0.2) is 18.3 Å². The minimum absolute atomic E-state index is 0.0674. The molecule has 0 radical (unpaired) electrons. The Labute approximate surface area is 111 Å². The van der Waals surface area contributed by atoms with E-state index < -0.39 is 34.9 Å². The van der Waals surface area contributed by atoms with Gasteiger partial charge >= 0.3 is 0 Å². The molecule has 1 N–H and O–H groups in total. The summed E-state index contributed by atoms with van der Waals surface area (Å²) in [5, 5.41) is 5.59. The van der Waals surface area contributed by atoms with Crippen LogP contribution in [0.25, 0.3) is 0 Å². The molecular weight excluding hydrogens is 278 g/mol. The van der Waals surface area contributed by atoms with Gasteiger partial charge in [0, 0.05) is 18.0 Å². The second-order valence-corrected chi connectivity index (χ2v) is 4.02. The number of carbonyl (C=O) groups is 1. The lowest BCUT2D eigenvalue weighted by atomic mass is 10.2. The van der Waals surface area contributed by atoms with Crippen molar-refractivity contribution in [3.8, 4) is 0 Å². The van der Waals surface area contributed by atoms with Gasteiger partial charge < -0.3 is 5.32 Å². The van der Waals surface area contributed by atoms with Gasteiger partial charge in [0.25, 0.3) is 0 Å². The largest absolute Gasteiger partial charge is 0.319 e. The van der Waals surface area contributed by atoms with Crippen LogP contribution in [0.5, 0.6) is 0 Å². The van der Waals surface area contributed by atoms with E-state index in [0.717, 1.165) is 0 Å². The normalized spacial score (nSPS) is 10.7. The predicted octanol–water partition coefficient (Wildman–Crippen LogP) is 2.39. The Morgan fingerprint density at radius 1 is 1.25 bits per heavy atom. The highest BCUT2D eigenvalue weighted by molar-refractivity contribution is 5.90. The first kappa shape index (κ1) is 14.0. The molecule has 1 heterocycles. The standard InChI is InChI=1S/C12H9F4N3O/c1-6-2-3-17-19(6)5-9(20)18-12-10(15)7(13)4-8(14)11(12)16/h2-4H,5H2,1H3,(H,18,20). The minimum atomic E-state index is -1.66. The van der Waals surface area contributed by atoms with E-state index in [9.17, 15) is 22.4 Å². The van der Waals surface area contributed by atoms with Gasteiger partial charge in [0.2, 0.25) is 5.91 Å². The van der Waals surface area contributed by atoms with Crippen molar-refractivity contribution in [1.82, 2.24) is 9.78 Å². The Kier molecular flexibility index (Phi) is 3.73. The van der Waals surface area contributed by atoms with E-state index >= 15 is 0 Å². The quantitative estimate of drug-likeness (QED) is 0.696. The third-order valence-corrected chi connectivity index (χ3v) is 2.60. The van der Waals surface area contributed by atoms with Gasteiger partial charge in [-0.15, -0.1) is 0 Å². The molecule has 0 atom stereocenters. The molecule has 4 nitrogen and oxygen atoms in total. The Morgan fingerprint density at radius 2 is 1.85 bits per heavy atom. The number of rotatable bonds is 3. The zero-order chi connectivity index (χ0) is 14.9. The van der Waals surface area contributed by atoms with Crippen LogP contribution < -0.4 is 5.32 Å². The predicted molar refractivity (Wildman–Crippen MR) is 61.9 cm³/mol. The van der Waals surface area contributed by atoms with E-state index in [4.69, 9.17) is 0 Å². The maximum atomic E-state index is 13.3. The molecule has 0 fully saturated rings. The number of nitrogens with zero attached hydrogens (tertiary/aromatic N) is 2. The molecule has 106 valence electrons. The lowest BCUT2D eigenvalue weighted by Gasteiger charge is -2.09. The van der Waals surface area contributed by atoms with Crippen molar-refractivity contribution in [3.05, 3.63) is 47.3 Å². The molecule has 0 bridgehead atoms. The maximum Gasteiger partial charge on any atom is 0.246 e. The number of benzene rings is 1. The molecule has 20 heavy (non-hydrogen) atoms. The molecule has 0 aliphatic rings. The monoisotopic (exact) mass is 287 g/mol. The first-order valence-electron chi connectivity index (χ1n) is 5.51. The van der Waals surface area contributed by atoms with Crippen molar-refractivity contribution >= 4 is 11.6 Å². The van der Waals surface area contributed by atoms with Crippen molar-refractivity contribution in [1.29, 1.82) is 0 Å². The fourth-order valence-electron chi connectivity index (χ4n) is 1.56. The average molecular weight is 287 g/mol. The van der Waals surface area contributed by atoms with Crippen molar-refractivity contribution in [2.45, 2.75) is 13.5 Å². The number of hydrogen-bond acceptors (Lipinski definition) is 2. The number of hydrogen-bond donors (Lipinski definition) is 1. The van der Waals surface area contributed by atoms with Crippen LogP contribution in [-0.4, -0.2) is 15.7 Å². The molecule has 1 aromatic carbocycles. The second kappa shape index (κ2) is 5.32. The molecule has 1 aromatic heterocycles. The lowest BCUT2D eigenvalue weighted by molar-refractivity contribution is -0.117. The van der Waals surface area contributed by atoms with Crippen LogP contribution in [0.2, 0.25) is 0 Å². The third-order valence-electron chi connectivity index (χ3n) is 2.60. The number of aromatic nitrogens is 2. The first-order chi connectivity index (χ1) is 9.40. The van der Waals surface area contributed by atoms with Gasteiger partial charge in [0.1, 0.15) is 12.2 Å². The number of nitrogens with one attached hydrogen (secondary N) is 1. The number of carbonyl (C=O) groups excluding carboxylic acids is 1. The van der Waals surface area contributed by atoms with Gasteiger partial charge in [0.05, 0.1) is 0 Å². The van der Waals surface area contributed by atoms with E-state index in [1.807, 2.05) is 0 Å². The number of amides is 1. The summed E-state index contributed by atoms with van der Waals surface area (Å²) in [5.41, 5.74) is -0.510. The van der Waals surface area contributed by atoms with E-state index in [1.165, 1.54) is 10.9 Å². The van der Waals surface area contributed by atoms with Crippen LogP contribution in [0.4, 0.5) is 23.2 Å². The SMILES string of the molecule is Cc1ccnn1CC(=O)Nc1c(F)c(F)cc(F)c1F. The van der Waals surface area contributed by atoms with Gasteiger partial charge in [-0.25, -0.2) is 17.6 Å². The zero-order valence-electron chi connectivity index (χ0n) is 10.3. The van der Waals surface area contributed by atoms with Crippen LogP contribution in [-0.2, 0) is 11.3 Å². The van der Waals surface area contributed by atoms with E-state index in [1.54, 1.807) is 18.3 Å². The molecule has 0 saturated carbocycles. The summed E-state index contributed by atoms with van der Waals surface area (Å²) in [6, 6.07) is 1.69. The number of halogens is 4. The topological polar surface area (TPSA) is 46.9 Å². The smallest absolute Gasteiger partial charge is 0.246 e. The summed E-state index contributed by atoms with van der Waals surface area (Å²) in [6.07, 6.45) is 1.44. The van der Waals surface area contributed by atoms with E-state index in [0.29, 0.717) is 5.69 Å². The second-order valence-electron chi connectivity index (χ2n) is 4.02.